The van der Waals surface area contributed by atoms with Gasteiger partial charge >= 0.3 is 0 Å². The van der Waals surface area contributed by atoms with Crippen molar-refractivity contribution >= 4 is 57.4 Å². The van der Waals surface area contributed by atoms with Crippen molar-refractivity contribution in [1.29, 1.82) is 0 Å². The molecule has 122 valence electrons. The number of nitrogens with one attached hydrogen (secondary N) is 1. The molecule has 1 aromatic carbocycles. The molecule has 0 spiro atoms. The third-order valence-electron chi connectivity index (χ3n) is 2.74. The van der Waals surface area contributed by atoms with Crippen molar-refractivity contribution in [1.82, 2.24) is 5.32 Å². The first-order chi connectivity index (χ1) is 10.9. The predicted molar refractivity (Wildman–Crippen MR) is 98.7 cm³/mol. The van der Waals surface area contributed by atoms with Crippen LogP contribution in [0, 0.1) is 3.57 Å². The fourth-order valence-corrected chi connectivity index (χ4v) is 3.60. The van der Waals surface area contributed by atoms with Crippen LogP contribution in [-0.4, -0.2) is 30.7 Å². The van der Waals surface area contributed by atoms with E-state index in [4.69, 9.17) is 9.47 Å². The first kappa shape index (κ1) is 17.8. The molecule has 0 aliphatic carbocycles. The van der Waals surface area contributed by atoms with Crippen LogP contribution in [0.1, 0.15) is 19.4 Å². The molecule has 6 nitrogen and oxygen atoms in total. The zero-order chi connectivity index (χ0) is 17.0. The van der Waals surface area contributed by atoms with Crippen LogP contribution in [0.2, 0.25) is 0 Å². The molecule has 23 heavy (non-hydrogen) atoms. The molecular weight excluding hydrogens is 431 g/mol. The third kappa shape index (κ3) is 4.47. The number of amidine groups is 1. The Labute approximate surface area is 151 Å². The maximum atomic E-state index is 11.9. The van der Waals surface area contributed by atoms with Gasteiger partial charge in [-0.1, -0.05) is 0 Å². The summed E-state index contributed by atoms with van der Waals surface area (Å²) in [6.45, 7) is 3.77. The van der Waals surface area contributed by atoms with Gasteiger partial charge in [0.1, 0.15) is 0 Å². The van der Waals surface area contributed by atoms with Gasteiger partial charge < -0.3 is 14.8 Å². The summed E-state index contributed by atoms with van der Waals surface area (Å²) in [5.41, 5.74) is 0.800. The number of halogens is 1. The smallest absolute Gasteiger partial charge is 0.286 e. The summed E-state index contributed by atoms with van der Waals surface area (Å²) < 4.78 is 11.8. The van der Waals surface area contributed by atoms with Crippen molar-refractivity contribution < 1.29 is 19.1 Å². The van der Waals surface area contributed by atoms with Crippen LogP contribution < -0.4 is 14.8 Å². The average Bonchev–Trinajstić information content (AvgIpc) is 2.78. The molecule has 1 aliphatic rings. The molecule has 0 saturated carbocycles. The Hall–Kier alpha value is -1.55. The van der Waals surface area contributed by atoms with E-state index < -0.39 is 0 Å². The Morgan fingerprint density at radius 1 is 1.48 bits per heavy atom. The van der Waals surface area contributed by atoms with Crippen LogP contribution in [0.25, 0.3) is 6.08 Å². The first-order valence-corrected chi connectivity index (χ1v) is 8.64. The lowest BCUT2D eigenvalue weighted by atomic mass is 10.2. The average molecular weight is 446 g/mol. The van der Waals surface area contributed by atoms with E-state index in [0.29, 0.717) is 28.2 Å². The van der Waals surface area contributed by atoms with E-state index in [0.717, 1.165) is 20.9 Å². The van der Waals surface area contributed by atoms with Gasteiger partial charge in [-0.3, -0.25) is 9.59 Å². The molecule has 1 heterocycles. The lowest BCUT2D eigenvalue weighted by molar-refractivity contribution is -0.117. The molecular formula is C15H15IN2O4S. The largest absolute Gasteiger partial charge is 0.492 e. The van der Waals surface area contributed by atoms with E-state index in [1.165, 1.54) is 6.92 Å². The van der Waals surface area contributed by atoms with Gasteiger partial charge in [-0.25, -0.2) is 0 Å². The van der Waals surface area contributed by atoms with Crippen LogP contribution in [0.15, 0.2) is 22.0 Å². The summed E-state index contributed by atoms with van der Waals surface area (Å²) in [7, 11) is 1.59. The number of hydrogen-bond acceptors (Lipinski definition) is 5. The second kappa shape index (κ2) is 7.82. The van der Waals surface area contributed by atoms with Gasteiger partial charge in [-0.15, -0.1) is 0 Å². The topological polar surface area (TPSA) is 77.0 Å². The lowest BCUT2D eigenvalue weighted by Gasteiger charge is -2.12. The molecule has 2 amide bonds. The quantitative estimate of drug-likeness (QED) is 0.569. The van der Waals surface area contributed by atoms with Crippen LogP contribution in [0.3, 0.4) is 0 Å². The molecule has 0 atom stereocenters. The third-order valence-corrected chi connectivity index (χ3v) is 4.44. The summed E-state index contributed by atoms with van der Waals surface area (Å²) in [6.07, 6.45) is 1.72. The minimum Gasteiger partial charge on any atom is -0.492 e. The van der Waals surface area contributed by atoms with Gasteiger partial charge in [0.2, 0.25) is 5.91 Å². The highest BCUT2D eigenvalue weighted by molar-refractivity contribution is 14.1. The van der Waals surface area contributed by atoms with E-state index in [2.05, 4.69) is 32.9 Å². The molecule has 1 aliphatic heterocycles. The highest BCUT2D eigenvalue weighted by Crippen LogP contribution is 2.36. The second-order valence-electron chi connectivity index (χ2n) is 4.48. The molecule has 8 heteroatoms. The Morgan fingerprint density at radius 2 is 2.22 bits per heavy atom. The SMILES string of the molecule is CCOc1cc(C=C2SC(NC(C)=O)=NC2=O)cc(I)c1OC. The van der Waals surface area contributed by atoms with E-state index >= 15 is 0 Å². The number of aliphatic imine (C=N–C) groups is 1. The minimum absolute atomic E-state index is 0.261. The Kier molecular flexibility index (Phi) is 6.05. The van der Waals surface area contributed by atoms with Gasteiger partial charge in [0.25, 0.3) is 5.91 Å². The van der Waals surface area contributed by atoms with Crippen molar-refractivity contribution in [2.45, 2.75) is 13.8 Å². The van der Waals surface area contributed by atoms with E-state index in [-0.39, 0.29) is 11.8 Å². The molecule has 0 aromatic heterocycles. The number of benzene rings is 1. The summed E-state index contributed by atoms with van der Waals surface area (Å²) in [5, 5.41) is 2.81. The van der Waals surface area contributed by atoms with E-state index in [1.54, 1.807) is 13.2 Å². The van der Waals surface area contributed by atoms with Gasteiger partial charge in [0.05, 0.1) is 22.2 Å². The van der Waals surface area contributed by atoms with E-state index in [1.807, 2.05) is 19.1 Å². The van der Waals surface area contributed by atoms with Crippen molar-refractivity contribution in [2.75, 3.05) is 13.7 Å². The fourth-order valence-electron chi connectivity index (χ4n) is 1.90. The van der Waals surface area contributed by atoms with Gasteiger partial charge in [-0.05, 0) is 65.0 Å². The fraction of sp³-hybridized carbons (Fsp3) is 0.267. The number of thioether (sulfide) groups is 1. The van der Waals surface area contributed by atoms with Crippen molar-refractivity contribution in [2.24, 2.45) is 4.99 Å². The number of rotatable bonds is 4. The second-order valence-corrected chi connectivity index (χ2v) is 6.67. The molecule has 0 radical (unpaired) electrons. The van der Waals surface area contributed by atoms with Crippen molar-refractivity contribution in [3.8, 4) is 11.5 Å². The molecule has 0 bridgehead atoms. The van der Waals surface area contributed by atoms with Crippen molar-refractivity contribution in [3.63, 3.8) is 0 Å². The summed E-state index contributed by atoms with van der Waals surface area (Å²) in [6, 6.07) is 3.70. The van der Waals surface area contributed by atoms with Crippen LogP contribution >= 0.6 is 34.4 Å². The standard InChI is InChI=1S/C15H15IN2O4S/c1-4-22-11-6-9(5-10(16)13(11)21-3)7-12-14(20)18-15(23-12)17-8(2)19/h5-7H,4H2,1-3H3,(H,17,18,19,20). The van der Waals surface area contributed by atoms with Gasteiger partial charge in [0.15, 0.2) is 16.7 Å². The van der Waals surface area contributed by atoms with Crippen LogP contribution in [0.4, 0.5) is 0 Å². The molecule has 1 aromatic rings. The summed E-state index contributed by atoms with van der Waals surface area (Å²) >= 11 is 3.28. The van der Waals surface area contributed by atoms with E-state index in [9.17, 15) is 9.59 Å². The van der Waals surface area contributed by atoms with Crippen LogP contribution in [-0.2, 0) is 9.59 Å². The number of methoxy groups -OCH3 is 1. The van der Waals surface area contributed by atoms with Crippen LogP contribution in [0.5, 0.6) is 11.5 Å². The minimum atomic E-state index is -0.373. The number of hydrogen-bond donors (Lipinski definition) is 1. The van der Waals surface area contributed by atoms with Gasteiger partial charge in [-0.2, -0.15) is 4.99 Å². The molecule has 0 unspecified atom stereocenters. The normalized spacial score (nSPS) is 15.6. The number of carbonyl (C=O) groups is 2. The molecule has 0 fully saturated rings. The zero-order valence-corrected chi connectivity index (χ0v) is 15.8. The number of nitrogens with zero attached hydrogens (tertiary/aromatic N) is 1. The maximum absolute atomic E-state index is 11.9. The number of ether oxygens (including phenoxy) is 2. The predicted octanol–water partition coefficient (Wildman–Crippen LogP) is 2.80. The summed E-state index contributed by atoms with van der Waals surface area (Å²) in [4.78, 5) is 27.2. The van der Waals surface area contributed by atoms with Gasteiger partial charge in [0, 0.05) is 6.92 Å². The first-order valence-electron chi connectivity index (χ1n) is 6.75. The highest BCUT2D eigenvalue weighted by atomic mass is 127. The zero-order valence-electron chi connectivity index (χ0n) is 12.8. The molecule has 2 rings (SSSR count). The maximum Gasteiger partial charge on any atom is 0.286 e. The Morgan fingerprint density at radius 3 is 2.83 bits per heavy atom. The lowest BCUT2D eigenvalue weighted by Crippen LogP contribution is -2.23. The molecule has 0 saturated heterocycles. The summed E-state index contributed by atoms with van der Waals surface area (Å²) in [5.74, 6) is 0.646. The number of amides is 2. The molecule has 1 N–H and O–H groups in total. The monoisotopic (exact) mass is 446 g/mol. The Bertz CT molecular complexity index is 716. The number of carbonyl (C=O) groups excluding carboxylic acids is 2. The highest BCUT2D eigenvalue weighted by Gasteiger charge is 2.23. The Balaban J connectivity index is 2.30. The van der Waals surface area contributed by atoms with Crippen molar-refractivity contribution in [3.05, 3.63) is 26.2 Å².